The summed E-state index contributed by atoms with van der Waals surface area (Å²) in [4.78, 5) is 29.7. The zero-order valence-electron chi connectivity index (χ0n) is 19.2. The Morgan fingerprint density at radius 1 is 0.970 bits per heavy atom. The number of amides is 1. The summed E-state index contributed by atoms with van der Waals surface area (Å²) < 4.78 is 5.29. The average Bonchev–Trinajstić information content (AvgIpc) is 2.87. The van der Waals surface area contributed by atoms with Crippen LogP contribution in [0.25, 0.3) is 0 Å². The number of rotatable bonds is 8. The van der Waals surface area contributed by atoms with Crippen molar-refractivity contribution in [2.24, 2.45) is 10.8 Å². The molecule has 0 atom stereocenters. The molecule has 2 fully saturated rings. The van der Waals surface area contributed by atoms with E-state index in [9.17, 15) is 4.79 Å². The van der Waals surface area contributed by atoms with E-state index in [0.29, 0.717) is 11.7 Å². The quantitative estimate of drug-likeness (QED) is 0.479. The third kappa shape index (κ3) is 6.30. The lowest BCUT2D eigenvalue weighted by Gasteiger charge is -2.30. The van der Waals surface area contributed by atoms with Crippen molar-refractivity contribution < 1.29 is 9.53 Å². The predicted octanol–water partition coefficient (Wildman–Crippen LogP) is 2.19. The highest BCUT2D eigenvalue weighted by Gasteiger charge is 2.21. The third-order valence-corrected chi connectivity index (χ3v) is 5.81. The Hall–Kier alpha value is -3.43. The number of benzene rings is 1. The Bertz CT molecular complexity index is 917. The molecule has 0 aliphatic carbocycles. The molecule has 3 heterocycles. The molecule has 2 aromatic rings. The smallest absolute Gasteiger partial charge is 0.255 e. The summed E-state index contributed by atoms with van der Waals surface area (Å²) in [6.45, 7) is 3.74. The van der Waals surface area contributed by atoms with Crippen LogP contribution in [0.5, 0.6) is 5.75 Å². The molecule has 0 spiro atoms. The van der Waals surface area contributed by atoms with Gasteiger partial charge in [-0.2, -0.15) is 20.1 Å². The third-order valence-electron chi connectivity index (χ3n) is 5.81. The lowest BCUT2D eigenvalue weighted by atomic mass is 10.1. The highest BCUT2D eigenvalue weighted by atomic mass is 16.5. The molecular formula is C23H32N8O2. The van der Waals surface area contributed by atoms with Crippen LogP contribution >= 0.6 is 0 Å². The van der Waals surface area contributed by atoms with Crippen LogP contribution in [-0.4, -0.2) is 66.9 Å². The predicted molar refractivity (Wildman–Crippen MR) is 129 cm³/mol. The van der Waals surface area contributed by atoms with Crippen LogP contribution < -0.4 is 25.3 Å². The first kappa shape index (κ1) is 22.8. The zero-order valence-corrected chi connectivity index (χ0v) is 19.2. The van der Waals surface area contributed by atoms with E-state index < -0.39 is 5.91 Å². The maximum Gasteiger partial charge on any atom is 0.255 e. The maximum atomic E-state index is 10.8. The zero-order chi connectivity index (χ0) is 23.0. The molecule has 2 saturated heterocycles. The number of hydrazone groups is 1. The van der Waals surface area contributed by atoms with Gasteiger partial charge in [0, 0.05) is 33.2 Å². The first-order chi connectivity index (χ1) is 16.1. The highest BCUT2D eigenvalue weighted by Crippen LogP contribution is 2.23. The summed E-state index contributed by atoms with van der Waals surface area (Å²) in [7, 11) is 1.84. The van der Waals surface area contributed by atoms with Gasteiger partial charge in [-0.15, -0.1) is 0 Å². The second kappa shape index (κ2) is 10.9. The SMILES string of the molecule is CN(/N=C/c1ccc(OCC(N)=O)cc1)c1nc(N2CCCCC2)nc(N2CCCCC2)n1. The Morgan fingerprint density at radius 3 is 2.03 bits per heavy atom. The Kier molecular flexibility index (Phi) is 7.54. The van der Waals surface area contributed by atoms with Gasteiger partial charge in [0.1, 0.15) is 5.75 Å². The molecule has 1 aromatic heterocycles. The van der Waals surface area contributed by atoms with E-state index in [-0.39, 0.29) is 6.61 Å². The van der Waals surface area contributed by atoms with Crippen molar-refractivity contribution in [1.29, 1.82) is 0 Å². The molecule has 0 saturated carbocycles. The molecule has 10 heteroatoms. The standard InChI is InChI=1S/C23H32N8O2/c1-29(25-16-18-8-10-19(11-9-18)33-17-20(24)32)21-26-22(30-12-4-2-5-13-30)28-23(27-21)31-14-6-3-7-15-31/h8-11,16H,2-7,12-15,17H2,1H3,(H2,24,32)/b25-16+. The van der Waals surface area contributed by atoms with E-state index in [1.807, 2.05) is 19.2 Å². The molecule has 2 N–H and O–H groups in total. The van der Waals surface area contributed by atoms with Crippen molar-refractivity contribution in [2.45, 2.75) is 38.5 Å². The van der Waals surface area contributed by atoms with Crippen molar-refractivity contribution >= 4 is 30.0 Å². The van der Waals surface area contributed by atoms with E-state index in [1.165, 1.54) is 12.8 Å². The summed E-state index contributed by atoms with van der Waals surface area (Å²) in [6, 6.07) is 7.27. The van der Waals surface area contributed by atoms with Crippen LogP contribution in [0.4, 0.5) is 17.8 Å². The molecular weight excluding hydrogens is 420 g/mol. The first-order valence-corrected chi connectivity index (χ1v) is 11.6. The van der Waals surface area contributed by atoms with Gasteiger partial charge in [-0.05, 0) is 68.4 Å². The highest BCUT2D eigenvalue weighted by molar-refractivity contribution is 5.80. The second-order valence-corrected chi connectivity index (χ2v) is 8.42. The van der Waals surface area contributed by atoms with Crippen molar-refractivity contribution in [3.63, 3.8) is 0 Å². The number of nitrogens with two attached hydrogens (primary N) is 1. The lowest BCUT2D eigenvalue weighted by Crippen LogP contribution is -2.35. The van der Waals surface area contributed by atoms with E-state index in [1.54, 1.807) is 23.4 Å². The summed E-state index contributed by atoms with van der Waals surface area (Å²) in [5, 5.41) is 6.23. The van der Waals surface area contributed by atoms with Crippen molar-refractivity contribution in [1.82, 2.24) is 15.0 Å². The monoisotopic (exact) mass is 452 g/mol. The number of carbonyl (C=O) groups excluding carboxylic acids is 1. The van der Waals surface area contributed by atoms with Gasteiger partial charge in [-0.3, -0.25) is 4.79 Å². The van der Waals surface area contributed by atoms with Gasteiger partial charge in [-0.25, -0.2) is 5.01 Å². The molecule has 4 rings (SSSR count). The Balaban J connectivity index is 1.51. The van der Waals surface area contributed by atoms with Crippen LogP contribution in [0.3, 0.4) is 0 Å². The molecule has 0 bridgehead atoms. The Labute approximate surface area is 194 Å². The summed E-state index contributed by atoms with van der Waals surface area (Å²) >= 11 is 0. The van der Waals surface area contributed by atoms with Crippen LogP contribution in [0.15, 0.2) is 29.4 Å². The number of aromatic nitrogens is 3. The lowest BCUT2D eigenvalue weighted by molar-refractivity contribution is -0.119. The topological polar surface area (TPSA) is 113 Å². The molecule has 176 valence electrons. The fraction of sp³-hybridized carbons (Fsp3) is 0.522. The molecule has 1 amide bonds. The van der Waals surface area contributed by atoms with E-state index in [2.05, 4.69) is 14.9 Å². The number of anilines is 3. The van der Waals surface area contributed by atoms with Crippen molar-refractivity contribution in [2.75, 3.05) is 54.6 Å². The number of primary amides is 1. The normalized spacial score (nSPS) is 16.8. The van der Waals surface area contributed by atoms with Gasteiger partial charge in [0.2, 0.25) is 11.9 Å². The second-order valence-electron chi connectivity index (χ2n) is 8.42. The molecule has 2 aliphatic rings. The first-order valence-electron chi connectivity index (χ1n) is 11.6. The van der Waals surface area contributed by atoms with E-state index in [0.717, 1.165) is 69.3 Å². The molecule has 0 radical (unpaired) electrons. The maximum absolute atomic E-state index is 10.8. The van der Waals surface area contributed by atoms with Gasteiger partial charge in [0.05, 0.1) is 6.21 Å². The molecule has 0 unspecified atom stereocenters. The van der Waals surface area contributed by atoms with Crippen LogP contribution in [0.2, 0.25) is 0 Å². The fourth-order valence-electron chi connectivity index (χ4n) is 3.97. The van der Waals surface area contributed by atoms with Gasteiger partial charge < -0.3 is 20.3 Å². The number of hydrogen-bond acceptors (Lipinski definition) is 9. The summed E-state index contributed by atoms with van der Waals surface area (Å²) in [5.74, 6) is 2.07. The minimum absolute atomic E-state index is 0.145. The van der Waals surface area contributed by atoms with Gasteiger partial charge in [-0.1, -0.05) is 0 Å². The molecule has 2 aliphatic heterocycles. The minimum Gasteiger partial charge on any atom is -0.484 e. The van der Waals surface area contributed by atoms with Crippen molar-refractivity contribution in [3.8, 4) is 5.75 Å². The molecule has 33 heavy (non-hydrogen) atoms. The van der Waals surface area contributed by atoms with Gasteiger partial charge in [0.25, 0.3) is 11.9 Å². The number of carbonyl (C=O) groups is 1. The molecule has 10 nitrogen and oxygen atoms in total. The fourth-order valence-corrected chi connectivity index (χ4v) is 3.97. The number of ether oxygens (including phenoxy) is 1. The molecule has 1 aromatic carbocycles. The van der Waals surface area contributed by atoms with Gasteiger partial charge in [0.15, 0.2) is 6.61 Å². The van der Waals surface area contributed by atoms with Crippen LogP contribution in [0.1, 0.15) is 44.1 Å². The van der Waals surface area contributed by atoms with Crippen LogP contribution in [-0.2, 0) is 4.79 Å². The number of hydrogen-bond donors (Lipinski definition) is 1. The van der Waals surface area contributed by atoms with E-state index >= 15 is 0 Å². The number of piperidine rings is 2. The largest absolute Gasteiger partial charge is 0.484 e. The van der Waals surface area contributed by atoms with Crippen LogP contribution in [0, 0.1) is 0 Å². The van der Waals surface area contributed by atoms with Crippen molar-refractivity contribution in [3.05, 3.63) is 29.8 Å². The average molecular weight is 453 g/mol. The van der Waals surface area contributed by atoms with Gasteiger partial charge >= 0.3 is 0 Å². The number of nitrogens with zero attached hydrogens (tertiary/aromatic N) is 7. The summed E-state index contributed by atoms with van der Waals surface area (Å²) in [6.07, 6.45) is 8.89. The minimum atomic E-state index is -0.507. The summed E-state index contributed by atoms with van der Waals surface area (Å²) in [5.41, 5.74) is 5.99. The van der Waals surface area contributed by atoms with E-state index in [4.69, 9.17) is 25.4 Å². The Morgan fingerprint density at radius 2 is 1.52 bits per heavy atom.